The van der Waals surface area contributed by atoms with Crippen LogP contribution in [0.1, 0.15) is 66.8 Å². The molecule has 48 heavy (non-hydrogen) atoms. The number of fused-ring (bicyclic) bond motifs is 1. The van der Waals surface area contributed by atoms with Crippen LogP contribution in [0.15, 0.2) is 42.6 Å². The Balaban J connectivity index is 1.30. The van der Waals surface area contributed by atoms with Gasteiger partial charge in [0, 0.05) is 60.4 Å². The number of carbonyl (C=O) groups is 5. The molecule has 1 aromatic heterocycles. The van der Waals surface area contributed by atoms with E-state index in [0.717, 1.165) is 4.90 Å². The molecule has 0 unspecified atom stereocenters. The van der Waals surface area contributed by atoms with Gasteiger partial charge < -0.3 is 29.7 Å². The summed E-state index contributed by atoms with van der Waals surface area (Å²) >= 11 is 5.82. The van der Waals surface area contributed by atoms with Crippen molar-refractivity contribution in [1.29, 1.82) is 0 Å². The lowest BCUT2D eigenvalue weighted by Gasteiger charge is -2.24. The number of hydrogen-bond donors (Lipinski definition) is 2. The molecule has 0 saturated carbocycles. The third-order valence-corrected chi connectivity index (χ3v) is 8.65. The van der Waals surface area contributed by atoms with E-state index in [0.29, 0.717) is 29.4 Å². The van der Waals surface area contributed by atoms with Crippen LogP contribution in [0.3, 0.4) is 0 Å². The monoisotopic (exact) mass is 685 g/mol. The highest BCUT2D eigenvalue weighted by atomic mass is 35.5. The van der Waals surface area contributed by atoms with Gasteiger partial charge in [0.1, 0.15) is 30.2 Å². The lowest BCUT2D eigenvalue weighted by molar-refractivity contribution is -0.139. The number of ether oxygens (including phenoxy) is 1. The van der Waals surface area contributed by atoms with Crippen molar-refractivity contribution in [3.8, 4) is 0 Å². The topological polar surface area (TPSA) is 130 Å². The number of nitrogens with zero attached hydrogens (tertiary/aromatic N) is 3. The minimum absolute atomic E-state index is 0.101. The number of ketones is 1. The first kappa shape index (κ1) is 34.8. The van der Waals surface area contributed by atoms with Crippen LogP contribution in [0.5, 0.6) is 0 Å². The Kier molecular flexibility index (Phi) is 10.1. The number of amides is 4. The molecule has 14 heteroatoms. The van der Waals surface area contributed by atoms with Gasteiger partial charge in [0.25, 0.3) is 5.91 Å². The van der Waals surface area contributed by atoms with Crippen molar-refractivity contribution in [2.24, 2.45) is 0 Å². The van der Waals surface area contributed by atoms with Gasteiger partial charge in [-0.3, -0.25) is 19.2 Å². The number of halogens is 3. The Bertz CT molecular complexity index is 1770. The van der Waals surface area contributed by atoms with Crippen LogP contribution in [-0.4, -0.2) is 87.5 Å². The summed E-state index contributed by atoms with van der Waals surface area (Å²) in [6.45, 7) is 6.60. The summed E-state index contributed by atoms with van der Waals surface area (Å²) in [6.07, 6.45) is -0.0775. The maximum absolute atomic E-state index is 14.6. The Hall–Kier alpha value is -4.52. The Labute approximate surface area is 281 Å². The van der Waals surface area contributed by atoms with Crippen molar-refractivity contribution in [2.75, 3.05) is 19.6 Å². The van der Waals surface area contributed by atoms with E-state index in [1.165, 1.54) is 35.9 Å². The fourth-order valence-corrected chi connectivity index (χ4v) is 6.21. The van der Waals surface area contributed by atoms with Crippen molar-refractivity contribution in [3.05, 3.63) is 70.1 Å². The van der Waals surface area contributed by atoms with E-state index in [1.807, 2.05) is 0 Å². The van der Waals surface area contributed by atoms with Crippen LogP contribution in [0, 0.1) is 5.82 Å². The highest BCUT2D eigenvalue weighted by molar-refractivity contribution is 6.30. The minimum Gasteiger partial charge on any atom is -0.444 e. The zero-order valence-electron chi connectivity index (χ0n) is 27.1. The fourth-order valence-electron chi connectivity index (χ4n) is 6.01. The molecular weight excluding hydrogens is 648 g/mol. The van der Waals surface area contributed by atoms with Crippen molar-refractivity contribution < 1.29 is 37.5 Å². The van der Waals surface area contributed by atoms with E-state index in [1.54, 1.807) is 43.9 Å². The van der Waals surface area contributed by atoms with Gasteiger partial charge >= 0.3 is 6.09 Å². The van der Waals surface area contributed by atoms with Gasteiger partial charge in [-0.1, -0.05) is 29.8 Å². The van der Waals surface area contributed by atoms with Crippen molar-refractivity contribution in [1.82, 2.24) is 25.0 Å². The molecule has 5 rings (SSSR count). The largest absolute Gasteiger partial charge is 0.444 e. The second-order valence-electron chi connectivity index (χ2n) is 13.2. The summed E-state index contributed by atoms with van der Waals surface area (Å²) < 4.78 is 35.9. The van der Waals surface area contributed by atoms with Crippen LogP contribution in [0.2, 0.25) is 5.02 Å². The van der Waals surface area contributed by atoms with Gasteiger partial charge in [-0.25, -0.2) is 13.6 Å². The molecular formula is C34H38ClF2N5O6. The molecule has 0 radical (unpaired) electrons. The third kappa shape index (κ3) is 7.78. The molecule has 2 aliphatic heterocycles. The summed E-state index contributed by atoms with van der Waals surface area (Å²) in [5, 5.41) is 5.93. The molecule has 2 fully saturated rings. The SMILES string of the molecule is CC(=O)c1cn(CC(=O)N2C[C@H](F)C[C@H]2C(=O)NCc2cccc(Cl)c2F)c2cc(C(=O)N[C@H]3CCN(C(=O)OC(C)(C)C)C3)ccc12. The Morgan fingerprint density at radius 2 is 1.83 bits per heavy atom. The van der Waals surface area contributed by atoms with E-state index in [4.69, 9.17) is 16.3 Å². The standard InChI is InChI=1S/C34H38ClF2N5O6/c1-19(43)25-17-41(18-29(44)42-15-22(36)13-28(42)32(46)38-14-21-6-5-7-26(35)30(21)37)27-12-20(8-9-24(25)27)31(45)39-23-10-11-40(16-23)33(47)48-34(2,3)4/h5-9,12,17,22-23,28H,10-11,13-16,18H2,1-4H3,(H,38,46)(H,39,45)/t22-,23+,28+/m1/s1. The molecule has 3 heterocycles. The van der Waals surface area contributed by atoms with E-state index < -0.39 is 47.4 Å². The van der Waals surface area contributed by atoms with Gasteiger partial charge in [-0.05, 0) is 52.3 Å². The first-order chi connectivity index (χ1) is 22.6. The molecule has 4 amide bonds. The lowest BCUT2D eigenvalue weighted by Crippen LogP contribution is -2.46. The summed E-state index contributed by atoms with van der Waals surface area (Å²) in [7, 11) is 0. The van der Waals surface area contributed by atoms with Gasteiger partial charge in [-0.2, -0.15) is 0 Å². The van der Waals surface area contributed by atoms with Crippen molar-refractivity contribution in [3.63, 3.8) is 0 Å². The lowest BCUT2D eigenvalue weighted by atomic mass is 10.1. The van der Waals surface area contributed by atoms with Crippen molar-refractivity contribution in [2.45, 2.75) is 77.5 Å². The average Bonchev–Trinajstić information content (AvgIpc) is 3.74. The second-order valence-corrected chi connectivity index (χ2v) is 13.6. The molecule has 3 atom stereocenters. The maximum Gasteiger partial charge on any atom is 0.410 e. The normalized spacial score (nSPS) is 19.4. The summed E-state index contributed by atoms with van der Waals surface area (Å²) in [4.78, 5) is 67.5. The molecule has 0 spiro atoms. The van der Waals surface area contributed by atoms with Crippen LogP contribution in [0.4, 0.5) is 13.6 Å². The quantitative estimate of drug-likeness (QED) is 0.333. The molecule has 2 aromatic carbocycles. The number of hydrogen-bond acceptors (Lipinski definition) is 6. The van der Waals surface area contributed by atoms with E-state index in [9.17, 15) is 32.8 Å². The average molecular weight is 686 g/mol. The molecule has 3 aromatic rings. The van der Waals surface area contributed by atoms with Gasteiger partial charge in [0.15, 0.2) is 5.78 Å². The molecule has 2 saturated heterocycles. The second kappa shape index (κ2) is 13.9. The van der Waals surface area contributed by atoms with E-state index >= 15 is 0 Å². The van der Waals surface area contributed by atoms with Crippen molar-refractivity contribution >= 4 is 52.1 Å². The Morgan fingerprint density at radius 3 is 2.54 bits per heavy atom. The maximum atomic E-state index is 14.6. The Morgan fingerprint density at radius 1 is 1.08 bits per heavy atom. The number of likely N-dealkylation sites (tertiary alicyclic amines) is 2. The predicted molar refractivity (Wildman–Crippen MR) is 174 cm³/mol. The number of aromatic nitrogens is 1. The minimum atomic E-state index is -1.45. The first-order valence-corrected chi connectivity index (χ1v) is 16.1. The number of nitrogens with one attached hydrogen (secondary N) is 2. The predicted octanol–water partition coefficient (Wildman–Crippen LogP) is 4.63. The zero-order chi connectivity index (χ0) is 34.9. The van der Waals surface area contributed by atoms with Gasteiger partial charge in [0.2, 0.25) is 11.8 Å². The number of rotatable bonds is 8. The van der Waals surface area contributed by atoms with Crippen LogP contribution in [0.25, 0.3) is 10.9 Å². The summed E-state index contributed by atoms with van der Waals surface area (Å²) in [5.74, 6) is -2.54. The first-order valence-electron chi connectivity index (χ1n) is 15.7. The highest BCUT2D eigenvalue weighted by Crippen LogP contribution is 2.27. The third-order valence-electron chi connectivity index (χ3n) is 8.36. The molecule has 0 bridgehead atoms. The zero-order valence-corrected chi connectivity index (χ0v) is 27.9. The van der Waals surface area contributed by atoms with E-state index in [-0.39, 0.29) is 60.6 Å². The molecule has 256 valence electrons. The van der Waals surface area contributed by atoms with Crippen LogP contribution >= 0.6 is 11.6 Å². The number of carbonyl (C=O) groups excluding carboxylic acids is 5. The molecule has 0 aliphatic carbocycles. The van der Waals surface area contributed by atoms with Gasteiger partial charge in [0.05, 0.1) is 17.1 Å². The van der Waals surface area contributed by atoms with Crippen LogP contribution in [-0.2, 0) is 27.4 Å². The number of Topliss-reactive ketones (excluding diaryl/α,β-unsaturated/α-hetero) is 1. The highest BCUT2D eigenvalue weighted by Gasteiger charge is 2.40. The number of alkyl halides is 1. The molecule has 11 nitrogen and oxygen atoms in total. The number of benzene rings is 2. The smallest absolute Gasteiger partial charge is 0.410 e. The molecule has 2 N–H and O–H groups in total. The fraction of sp³-hybridized carbons (Fsp3) is 0.441. The van der Waals surface area contributed by atoms with E-state index in [2.05, 4.69) is 10.6 Å². The summed E-state index contributed by atoms with van der Waals surface area (Å²) in [5.41, 5.74) is 0.534. The summed E-state index contributed by atoms with van der Waals surface area (Å²) in [6, 6.07) is 7.72. The van der Waals surface area contributed by atoms with Crippen LogP contribution < -0.4 is 10.6 Å². The van der Waals surface area contributed by atoms with Gasteiger partial charge in [-0.15, -0.1) is 0 Å². The molecule has 2 aliphatic rings.